The van der Waals surface area contributed by atoms with Gasteiger partial charge in [0, 0.05) is 6.54 Å². The molecule has 0 saturated carbocycles. The van der Waals surface area contributed by atoms with Gasteiger partial charge in [-0.3, -0.25) is 0 Å². The van der Waals surface area contributed by atoms with Gasteiger partial charge in [-0.25, -0.2) is 8.78 Å². The molecule has 0 unspecified atom stereocenters. The molecule has 1 N–H and O–H groups in total. The van der Waals surface area contributed by atoms with Crippen molar-refractivity contribution in [3.63, 3.8) is 0 Å². The lowest BCUT2D eigenvalue weighted by Crippen LogP contribution is -2.21. The van der Waals surface area contributed by atoms with Crippen LogP contribution in [0, 0.1) is 11.6 Å². The van der Waals surface area contributed by atoms with E-state index in [4.69, 9.17) is 0 Å². The highest BCUT2D eigenvalue weighted by atomic mass is 32.1. The molecule has 0 aliphatic carbocycles. The van der Waals surface area contributed by atoms with Crippen LogP contribution in [0.1, 0.15) is 12.1 Å². The van der Waals surface area contributed by atoms with Gasteiger partial charge in [0.2, 0.25) is 0 Å². The number of hydrogen-bond acceptors (Lipinski definition) is 3. The van der Waals surface area contributed by atoms with Crippen LogP contribution in [-0.4, -0.2) is 17.5 Å². The summed E-state index contributed by atoms with van der Waals surface area (Å²) in [4.78, 5) is 0. The van der Waals surface area contributed by atoms with E-state index in [1.807, 2.05) is 6.08 Å². The van der Waals surface area contributed by atoms with E-state index in [-0.39, 0.29) is 0 Å². The Morgan fingerprint density at radius 2 is 2.06 bits per heavy atom. The highest BCUT2D eigenvalue weighted by molar-refractivity contribution is 7.13. The monoisotopic (exact) mass is 252 g/mol. The van der Waals surface area contributed by atoms with Gasteiger partial charge in [-0.1, -0.05) is 6.08 Å². The van der Waals surface area contributed by atoms with Crippen molar-refractivity contribution in [2.24, 2.45) is 0 Å². The number of benzene rings is 1. The fourth-order valence-corrected chi connectivity index (χ4v) is 2.86. The van der Waals surface area contributed by atoms with Gasteiger partial charge in [0.25, 0.3) is 0 Å². The predicted octanol–water partition coefficient (Wildman–Crippen LogP) is 2.95. The van der Waals surface area contributed by atoms with Crippen LogP contribution >= 0.6 is 11.5 Å². The molecule has 1 aliphatic rings. The van der Waals surface area contributed by atoms with E-state index in [0.29, 0.717) is 22.3 Å². The molecule has 5 heteroatoms. The Kier molecular flexibility index (Phi) is 2.64. The molecule has 0 spiro atoms. The predicted molar refractivity (Wildman–Crippen MR) is 65.0 cm³/mol. The average molecular weight is 252 g/mol. The smallest absolute Gasteiger partial charge is 0.142 e. The van der Waals surface area contributed by atoms with Crippen molar-refractivity contribution in [3.8, 4) is 0 Å². The highest BCUT2D eigenvalue weighted by Crippen LogP contribution is 2.32. The number of aromatic nitrogens is 1. The summed E-state index contributed by atoms with van der Waals surface area (Å²) in [6, 6.07) is 2.31. The van der Waals surface area contributed by atoms with Crippen molar-refractivity contribution in [2.75, 3.05) is 13.1 Å². The molecule has 0 fully saturated rings. The van der Waals surface area contributed by atoms with Gasteiger partial charge < -0.3 is 5.32 Å². The Hall–Kier alpha value is -1.33. The average Bonchev–Trinajstić information content (AvgIpc) is 2.81. The van der Waals surface area contributed by atoms with E-state index in [0.717, 1.165) is 42.2 Å². The van der Waals surface area contributed by atoms with Crippen LogP contribution in [0.3, 0.4) is 0 Å². The number of hydrogen-bond donors (Lipinski definition) is 1. The highest BCUT2D eigenvalue weighted by Gasteiger charge is 2.18. The van der Waals surface area contributed by atoms with Crippen molar-refractivity contribution in [1.82, 2.24) is 9.69 Å². The summed E-state index contributed by atoms with van der Waals surface area (Å²) in [6.45, 7) is 1.58. The Balaban J connectivity index is 2.24. The van der Waals surface area contributed by atoms with Crippen molar-refractivity contribution < 1.29 is 8.78 Å². The van der Waals surface area contributed by atoms with Crippen molar-refractivity contribution in [1.29, 1.82) is 0 Å². The molecule has 3 rings (SSSR count). The lowest BCUT2D eigenvalue weighted by molar-refractivity contribution is 0.619. The van der Waals surface area contributed by atoms with Crippen LogP contribution in [-0.2, 0) is 0 Å². The summed E-state index contributed by atoms with van der Waals surface area (Å²) in [6.07, 6.45) is 2.93. The summed E-state index contributed by atoms with van der Waals surface area (Å²) >= 11 is 1.01. The first kappa shape index (κ1) is 10.8. The first-order valence-electron chi connectivity index (χ1n) is 5.41. The van der Waals surface area contributed by atoms with Gasteiger partial charge in [0.1, 0.15) is 11.6 Å². The van der Waals surface area contributed by atoms with E-state index in [1.54, 1.807) is 0 Å². The number of nitrogens with zero attached hydrogens (tertiary/aromatic N) is 1. The third-order valence-corrected chi connectivity index (χ3v) is 3.71. The van der Waals surface area contributed by atoms with E-state index in [9.17, 15) is 8.78 Å². The minimum absolute atomic E-state index is 0.298. The fourth-order valence-electron chi connectivity index (χ4n) is 2.02. The summed E-state index contributed by atoms with van der Waals surface area (Å²) in [5.41, 5.74) is 1.53. The zero-order valence-electron chi connectivity index (χ0n) is 8.96. The molecule has 2 aromatic rings. The molecule has 1 aliphatic heterocycles. The van der Waals surface area contributed by atoms with Gasteiger partial charge in [-0.15, -0.1) is 0 Å². The van der Waals surface area contributed by atoms with Crippen LogP contribution in [0.2, 0.25) is 0 Å². The molecule has 1 aromatic carbocycles. The molecule has 0 bridgehead atoms. The maximum atomic E-state index is 13.8. The maximum Gasteiger partial charge on any atom is 0.142 e. The summed E-state index contributed by atoms with van der Waals surface area (Å²) in [7, 11) is 0. The van der Waals surface area contributed by atoms with Gasteiger partial charge in [-0.2, -0.15) is 4.37 Å². The second-order valence-corrected chi connectivity index (χ2v) is 4.73. The molecular weight excluding hydrogens is 242 g/mol. The molecule has 88 valence electrons. The molecule has 2 nitrogen and oxygen atoms in total. The molecular formula is C12H10F2N2S. The first-order chi connectivity index (χ1) is 8.27. The minimum Gasteiger partial charge on any atom is -0.312 e. The van der Waals surface area contributed by atoms with Gasteiger partial charge >= 0.3 is 0 Å². The number of fused-ring (bicyclic) bond motifs is 1. The third-order valence-electron chi connectivity index (χ3n) is 2.86. The van der Waals surface area contributed by atoms with Crippen LogP contribution in [0.5, 0.6) is 0 Å². The maximum absolute atomic E-state index is 13.8. The molecule has 0 radical (unpaired) electrons. The summed E-state index contributed by atoms with van der Waals surface area (Å²) in [5.74, 6) is -0.814. The van der Waals surface area contributed by atoms with Crippen LogP contribution < -0.4 is 5.32 Å². The Bertz CT molecular complexity index is 604. The molecule has 0 atom stereocenters. The molecule has 1 aromatic heterocycles. The zero-order valence-corrected chi connectivity index (χ0v) is 9.78. The molecule has 0 saturated heterocycles. The zero-order chi connectivity index (χ0) is 11.8. The van der Waals surface area contributed by atoms with E-state index >= 15 is 0 Å². The lowest BCUT2D eigenvalue weighted by Gasteiger charge is -2.12. The van der Waals surface area contributed by atoms with Crippen LogP contribution in [0.15, 0.2) is 18.2 Å². The number of halogens is 2. The Morgan fingerprint density at radius 3 is 2.82 bits per heavy atom. The largest absolute Gasteiger partial charge is 0.312 e. The van der Waals surface area contributed by atoms with Gasteiger partial charge in [0.15, 0.2) is 0 Å². The molecule has 2 heterocycles. The molecule has 17 heavy (non-hydrogen) atoms. The lowest BCUT2D eigenvalue weighted by atomic mass is 10.0. The van der Waals surface area contributed by atoms with E-state index < -0.39 is 11.6 Å². The third kappa shape index (κ3) is 1.75. The van der Waals surface area contributed by atoms with Crippen molar-refractivity contribution in [3.05, 3.63) is 35.5 Å². The number of nitrogens with one attached hydrogen (secondary N) is 1. The normalized spacial score (nSPS) is 16.2. The topological polar surface area (TPSA) is 24.9 Å². The molecule has 0 amide bonds. The van der Waals surface area contributed by atoms with Gasteiger partial charge in [-0.05, 0) is 42.2 Å². The summed E-state index contributed by atoms with van der Waals surface area (Å²) in [5, 5.41) is 3.51. The fraction of sp³-hybridized carbons (Fsp3) is 0.250. The summed E-state index contributed by atoms with van der Waals surface area (Å²) < 4.78 is 31.8. The van der Waals surface area contributed by atoms with Crippen LogP contribution in [0.4, 0.5) is 8.78 Å². The quantitative estimate of drug-likeness (QED) is 0.844. The van der Waals surface area contributed by atoms with E-state index in [1.165, 1.54) is 0 Å². The second-order valence-electron chi connectivity index (χ2n) is 3.96. The van der Waals surface area contributed by atoms with Gasteiger partial charge in [0.05, 0.1) is 15.8 Å². The first-order valence-corrected chi connectivity index (χ1v) is 6.18. The SMILES string of the molecule is Fc1ccc(F)c2c(C3=CCCNC3)nsc12. The Morgan fingerprint density at radius 1 is 1.24 bits per heavy atom. The van der Waals surface area contributed by atoms with Crippen LogP contribution in [0.25, 0.3) is 15.7 Å². The van der Waals surface area contributed by atoms with Crippen molar-refractivity contribution in [2.45, 2.75) is 6.42 Å². The Labute approximate surface area is 101 Å². The standard InChI is InChI=1S/C12H10F2N2S/c13-8-3-4-9(14)12-10(8)11(16-17-12)7-2-1-5-15-6-7/h2-4,15H,1,5-6H2. The number of rotatable bonds is 1. The second kappa shape index (κ2) is 4.16. The van der Waals surface area contributed by atoms with E-state index in [2.05, 4.69) is 9.69 Å². The van der Waals surface area contributed by atoms with Crippen molar-refractivity contribution >= 4 is 27.2 Å². The minimum atomic E-state index is -0.408.